The zero-order valence-electron chi connectivity index (χ0n) is 25.1. The molecule has 0 aromatic heterocycles. The number of carboxylic acid groups (broad SMARTS) is 1. The van der Waals surface area contributed by atoms with Crippen molar-refractivity contribution < 1.29 is 38.4 Å². The van der Waals surface area contributed by atoms with Crippen LogP contribution in [0.4, 0.5) is 0 Å². The quantitative estimate of drug-likeness (QED) is 0.361. The lowest BCUT2D eigenvalue weighted by Gasteiger charge is -2.26. The second-order valence-electron chi connectivity index (χ2n) is 11.5. The van der Waals surface area contributed by atoms with Crippen LogP contribution in [-0.4, -0.2) is 113 Å². The fraction of sp³-hybridized carbons (Fsp3) is 0.576. The van der Waals surface area contributed by atoms with Crippen LogP contribution in [0.15, 0.2) is 36.4 Å². The van der Waals surface area contributed by atoms with Gasteiger partial charge in [0, 0.05) is 39.3 Å². The van der Waals surface area contributed by atoms with Gasteiger partial charge >= 0.3 is 11.9 Å². The van der Waals surface area contributed by atoms with Gasteiger partial charge in [-0.1, -0.05) is 0 Å². The number of aromatic carboxylic acids is 1. The first kappa shape index (κ1) is 31.3. The normalized spacial score (nSPS) is 19.2. The lowest BCUT2D eigenvalue weighted by Crippen LogP contribution is -2.38. The molecule has 2 saturated heterocycles. The summed E-state index contributed by atoms with van der Waals surface area (Å²) in [5, 5.41) is 9.19. The van der Waals surface area contributed by atoms with E-state index in [9.17, 15) is 14.7 Å². The first-order chi connectivity index (χ1) is 21.0. The minimum absolute atomic E-state index is 0.305. The third-order valence-corrected chi connectivity index (χ3v) is 8.18. The van der Waals surface area contributed by atoms with Crippen molar-refractivity contribution in [1.29, 1.82) is 0 Å². The number of hydrogen-bond donors (Lipinski definition) is 1. The molecule has 10 heteroatoms. The molecule has 2 aromatic rings. The number of carbonyl (C=O) groups is 2. The summed E-state index contributed by atoms with van der Waals surface area (Å²) in [5.74, 6) is 1.33. The van der Waals surface area contributed by atoms with Gasteiger partial charge in [-0.3, -0.25) is 9.80 Å². The van der Waals surface area contributed by atoms with E-state index in [1.165, 1.54) is 25.5 Å². The molecule has 4 fully saturated rings. The van der Waals surface area contributed by atoms with Gasteiger partial charge in [-0.05, 0) is 85.0 Å². The Morgan fingerprint density at radius 1 is 0.721 bits per heavy atom. The SMILES string of the molecule is COC(=O)c1cc(OCCN2CCOCC2)cc(C2CC2)c1.O=C(O)c1cc(OCCN2CCOCC2)cc(C2CC2)c1. The highest BCUT2D eigenvalue weighted by Crippen LogP contribution is 2.42. The number of carbonyl (C=O) groups excluding carboxylic acids is 1. The molecule has 2 aliphatic heterocycles. The second-order valence-corrected chi connectivity index (χ2v) is 11.5. The van der Waals surface area contributed by atoms with Crippen LogP contribution in [0.3, 0.4) is 0 Å². The number of morpholine rings is 2. The Labute approximate surface area is 253 Å². The van der Waals surface area contributed by atoms with Crippen molar-refractivity contribution in [2.45, 2.75) is 37.5 Å². The average Bonchev–Trinajstić information content (AvgIpc) is 3.95. The van der Waals surface area contributed by atoms with Crippen molar-refractivity contribution >= 4 is 11.9 Å². The van der Waals surface area contributed by atoms with Gasteiger partial charge in [0.25, 0.3) is 0 Å². The largest absolute Gasteiger partial charge is 0.492 e. The number of nitrogens with zero attached hydrogens (tertiary/aromatic N) is 2. The third kappa shape index (κ3) is 9.92. The van der Waals surface area contributed by atoms with Crippen LogP contribution in [0, 0.1) is 0 Å². The smallest absolute Gasteiger partial charge is 0.337 e. The summed E-state index contributed by atoms with van der Waals surface area (Å²) in [5.41, 5.74) is 3.18. The monoisotopic (exact) mass is 596 g/mol. The Bertz CT molecular complexity index is 1220. The minimum Gasteiger partial charge on any atom is -0.492 e. The molecule has 0 atom stereocenters. The lowest BCUT2D eigenvalue weighted by atomic mass is 10.1. The van der Waals surface area contributed by atoms with Gasteiger partial charge in [0.1, 0.15) is 24.7 Å². The Kier molecular flexibility index (Phi) is 11.3. The molecule has 1 N–H and O–H groups in total. The molecule has 10 nitrogen and oxygen atoms in total. The minimum atomic E-state index is -0.893. The van der Waals surface area contributed by atoms with Crippen molar-refractivity contribution in [1.82, 2.24) is 9.80 Å². The maximum Gasteiger partial charge on any atom is 0.337 e. The van der Waals surface area contributed by atoms with E-state index < -0.39 is 5.97 Å². The number of carboxylic acids is 1. The van der Waals surface area contributed by atoms with Gasteiger partial charge in [0.05, 0.1) is 44.7 Å². The molecule has 2 heterocycles. The first-order valence-electron chi connectivity index (χ1n) is 15.5. The number of esters is 1. The molecule has 0 amide bonds. The zero-order chi connectivity index (χ0) is 30.0. The average molecular weight is 597 g/mol. The molecule has 6 rings (SSSR count). The van der Waals surface area contributed by atoms with E-state index in [-0.39, 0.29) is 5.97 Å². The molecule has 2 aromatic carbocycles. The van der Waals surface area contributed by atoms with E-state index in [0.717, 1.165) is 89.9 Å². The molecule has 2 aliphatic carbocycles. The van der Waals surface area contributed by atoms with E-state index in [1.54, 1.807) is 18.2 Å². The van der Waals surface area contributed by atoms with Gasteiger partial charge in [0.2, 0.25) is 0 Å². The summed E-state index contributed by atoms with van der Waals surface area (Å²) in [6, 6.07) is 11.1. The Balaban J connectivity index is 0.000000171. The summed E-state index contributed by atoms with van der Waals surface area (Å²) in [6.07, 6.45) is 4.68. The summed E-state index contributed by atoms with van der Waals surface area (Å²) in [6.45, 7) is 9.86. The molecule has 0 bridgehead atoms. The maximum absolute atomic E-state index is 11.8. The molecule has 2 saturated carbocycles. The number of hydrogen-bond acceptors (Lipinski definition) is 9. The molecule has 0 spiro atoms. The van der Waals surface area contributed by atoms with E-state index in [2.05, 4.69) is 15.9 Å². The van der Waals surface area contributed by atoms with Crippen LogP contribution in [0.2, 0.25) is 0 Å². The van der Waals surface area contributed by atoms with Gasteiger partial charge in [0.15, 0.2) is 0 Å². The van der Waals surface area contributed by atoms with Crippen LogP contribution < -0.4 is 9.47 Å². The maximum atomic E-state index is 11.8. The second kappa shape index (κ2) is 15.5. The number of rotatable bonds is 12. The van der Waals surface area contributed by atoms with Crippen molar-refractivity contribution in [3.8, 4) is 11.5 Å². The van der Waals surface area contributed by atoms with Gasteiger partial charge < -0.3 is 28.8 Å². The third-order valence-electron chi connectivity index (χ3n) is 8.18. The van der Waals surface area contributed by atoms with Gasteiger partial charge in [-0.15, -0.1) is 0 Å². The number of ether oxygens (including phenoxy) is 5. The molecular weight excluding hydrogens is 552 g/mol. The highest BCUT2D eigenvalue weighted by Gasteiger charge is 2.26. The van der Waals surface area contributed by atoms with Crippen molar-refractivity contribution in [2.24, 2.45) is 0 Å². The summed E-state index contributed by atoms with van der Waals surface area (Å²) >= 11 is 0. The Morgan fingerprint density at radius 3 is 1.58 bits per heavy atom. The fourth-order valence-corrected chi connectivity index (χ4v) is 5.31. The van der Waals surface area contributed by atoms with Crippen molar-refractivity contribution in [2.75, 3.05) is 86.0 Å². The van der Waals surface area contributed by atoms with Crippen LogP contribution in [-0.2, 0) is 14.2 Å². The van der Waals surface area contributed by atoms with E-state index in [0.29, 0.717) is 41.9 Å². The van der Waals surface area contributed by atoms with Gasteiger partial charge in [-0.2, -0.15) is 0 Å². The highest BCUT2D eigenvalue weighted by molar-refractivity contribution is 5.90. The summed E-state index contributed by atoms with van der Waals surface area (Å²) in [7, 11) is 1.41. The molecule has 43 heavy (non-hydrogen) atoms. The number of methoxy groups -OCH3 is 1. The van der Waals surface area contributed by atoms with Crippen LogP contribution in [0.1, 0.15) is 69.4 Å². The van der Waals surface area contributed by atoms with Crippen LogP contribution >= 0.6 is 0 Å². The fourth-order valence-electron chi connectivity index (χ4n) is 5.31. The predicted octanol–water partition coefficient (Wildman–Crippen LogP) is 4.03. The van der Waals surface area contributed by atoms with Crippen LogP contribution in [0.25, 0.3) is 0 Å². The van der Waals surface area contributed by atoms with Gasteiger partial charge in [-0.25, -0.2) is 9.59 Å². The molecule has 0 unspecified atom stereocenters. The predicted molar refractivity (Wildman–Crippen MR) is 161 cm³/mol. The van der Waals surface area contributed by atoms with E-state index in [4.69, 9.17) is 23.7 Å². The first-order valence-corrected chi connectivity index (χ1v) is 15.5. The molecule has 234 valence electrons. The Hall–Kier alpha value is -3.18. The summed E-state index contributed by atoms with van der Waals surface area (Å²) in [4.78, 5) is 27.6. The molecule has 0 radical (unpaired) electrons. The Morgan fingerprint density at radius 2 is 1.16 bits per heavy atom. The number of benzene rings is 2. The van der Waals surface area contributed by atoms with Crippen molar-refractivity contribution in [3.63, 3.8) is 0 Å². The summed E-state index contributed by atoms with van der Waals surface area (Å²) < 4.78 is 27.1. The standard InChI is InChI=1S/C17H23NO4.C16H21NO4/c1-20-17(19)15-10-14(13-2-3-13)11-16(12-15)22-9-6-18-4-7-21-8-5-18;18-16(19)14-9-13(12-1-2-12)10-15(11-14)21-8-5-17-3-6-20-7-4-17/h10-13H,2-9H2,1H3;9-12H,1-8H2,(H,18,19). The zero-order valence-corrected chi connectivity index (χ0v) is 25.1. The van der Waals surface area contributed by atoms with Crippen LogP contribution in [0.5, 0.6) is 11.5 Å². The van der Waals surface area contributed by atoms with Crippen molar-refractivity contribution in [3.05, 3.63) is 58.7 Å². The van der Waals surface area contributed by atoms with E-state index >= 15 is 0 Å². The van der Waals surface area contributed by atoms with E-state index in [1.807, 2.05) is 12.1 Å². The lowest BCUT2D eigenvalue weighted by molar-refractivity contribution is 0.0321. The highest BCUT2D eigenvalue weighted by atomic mass is 16.5. The molecule has 4 aliphatic rings. The molecular formula is C33H44N2O8. The topological polar surface area (TPSA) is 107 Å².